The van der Waals surface area contributed by atoms with E-state index in [2.05, 4.69) is 23.3 Å². The lowest BCUT2D eigenvalue weighted by atomic mass is 10.1. The summed E-state index contributed by atoms with van der Waals surface area (Å²) in [7, 11) is 0. The van der Waals surface area contributed by atoms with E-state index < -0.39 is 23.8 Å². The van der Waals surface area contributed by atoms with Gasteiger partial charge in [-0.15, -0.1) is 0 Å². The van der Waals surface area contributed by atoms with E-state index in [1.165, 1.54) is 6.92 Å². The van der Waals surface area contributed by atoms with Crippen LogP contribution in [0.1, 0.15) is 19.8 Å². The number of hydrogen-bond donors (Lipinski definition) is 4. The molecule has 0 rings (SSSR count). The van der Waals surface area contributed by atoms with Crippen molar-refractivity contribution in [1.29, 1.82) is 0 Å². The molecule has 0 saturated heterocycles. The fourth-order valence-electron chi connectivity index (χ4n) is 1.11. The lowest BCUT2D eigenvalue weighted by Gasteiger charge is -2.14. The van der Waals surface area contributed by atoms with E-state index in [1.807, 2.05) is 0 Å². The molecule has 8 heteroatoms. The van der Waals surface area contributed by atoms with E-state index in [0.717, 1.165) is 0 Å². The first kappa shape index (κ1) is 16.4. The van der Waals surface area contributed by atoms with Gasteiger partial charge in [0, 0.05) is 6.42 Å². The molecule has 0 radical (unpaired) electrons. The maximum Gasteiger partial charge on any atom is 0.240 e. The third kappa shape index (κ3) is 7.66. The van der Waals surface area contributed by atoms with Gasteiger partial charge in [0.15, 0.2) is 0 Å². The summed E-state index contributed by atoms with van der Waals surface area (Å²) in [5, 5.41) is 4.64. The van der Waals surface area contributed by atoms with Crippen molar-refractivity contribution in [2.45, 2.75) is 25.8 Å². The number of nitrogens with one attached hydrogen (secondary N) is 2. The number of thiol groups is 1. The molecular formula is C10H17N3O4S. The predicted octanol–water partition coefficient (Wildman–Crippen LogP) is -1.63. The summed E-state index contributed by atoms with van der Waals surface area (Å²) in [5.74, 6) is -1.79. The summed E-state index contributed by atoms with van der Waals surface area (Å²) in [5.41, 5.74) is 5.09. The highest BCUT2D eigenvalue weighted by Crippen LogP contribution is 1.97. The van der Waals surface area contributed by atoms with Crippen LogP contribution in [-0.2, 0) is 19.2 Å². The molecular weight excluding hydrogens is 258 g/mol. The van der Waals surface area contributed by atoms with Gasteiger partial charge in [0.2, 0.25) is 17.7 Å². The Labute approximate surface area is 110 Å². The van der Waals surface area contributed by atoms with E-state index in [9.17, 15) is 19.2 Å². The van der Waals surface area contributed by atoms with E-state index >= 15 is 0 Å². The van der Waals surface area contributed by atoms with Gasteiger partial charge in [0.05, 0.1) is 12.3 Å². The molecule has 3 amide bonds. The van der Waals surface area contributed by atoms with E-state index in [4.69, 9.17) is 5.73 Å². The molecule has 1 atom stereocenters. The van der Waals surface area contributed by atoms with Gasteiger partial charge in [0.1, 0.15) is 11.8 Å². The van der Waals surface area contributed by atoms with Gasteiger partial charge in [-0.2, -0.15) is 12.6 Å². The second-order valence-electron chi connectivity index (χ2n) is 3.70. The number of hydrogen-bond acceptors (Lipinski definition) is 5. The largest absolute Gasteiger partial charge is 0.368 e. The third-order valence-electron chi connectivity index (χ3n) is 2.05. The number of ketones is 1. The number of carbonyl (C=O) groups excluding carboxylic acids is 4. The zero-order chi connectivity index (χ0) is 14.1. The fraction of sp³-hybridized carbons (Fsp3) is 0.600. The first-order chi connectivity index (χ1) is 8.36. The molecule has 0 aromatic heterocycles. The smallest absolute Gasteiger partial charge is 0.240 e. The number of nitrogens with two attached hydrogens (primary N) is 1. The number of carbonyl (C=O) groups is 4. The summed E-state index contributed by atoms with van der Waals surface area (Å²) >= 11 is 3.72. The standard InChI is InChI=1S/C10H17N3O4S/c1-6(14)2-3-7(10(11)17)13-8(15)4-12-9(16)5-18/h7,18H,2-5H2,1H3,(H2,11,17)(H,12,16)(H,13,15)/t7-/m0/s1. The van der Waals surface area contributed by atoms with Crippen molar-refractivity contribution in [3.63, 3.8) is 0 Å². The summed E-state index contributed by atoms with van der Waals surface area (Å²) in [4.78, 5) is 44.0. The zero-order valence-corrected chi connectivity index (χ0v) is 11.0. The van der Waals surface area contributed by atoms with Crippen LogP contribution in [0.2, 0.25) is 0 Å². The maximum absolute atomic E-state index is 11.4. The Hall–Kier alpha value is -1.57. The predicted molar refractivity (Wildman–Crippen MR) is 67.9 cm³/mol. The van der Waals surface area contributed by atoms with Gasteiger partial charge >= 0.3 is 0 Å². The Morgan fingerprint density at radius 1 is 1.22 bits per heavy atom. The van der Waals surface area contributed by atoms with E-state index in [1.54, 1.807) is 0 Å². The normalized spacial score (nSPS) is 11.4. The molecule has 0 bridgehead atoms. The van der Waals surface area contributed by atoms with E-state index in [-0.39, 0.29) is 30.9 Å². The van der Waals surface area contributed by atoms with Crippen molar-refractivity contribution in [3.8, 4) is 0 Å². The van der Waals surface area contributed by atoms with Crippen LogP contribution >= 0.6 is 12.6 Å². The van der Waals surface area contributed by atoms with Crippen LogP contribution in [0.25, 0.3) is 0 Å². The van der Waals surface area contributed by atoms with Crippen LogP contribution < -0.4 is 16.4 Å². The van der Waals surface area contributed by atoms with Crippen LogP contribution in [0.15, 0.2) is 0 Å². The molecule has 18 heavy (non-hydrogen) atoms. The second-order valence-corrected chi connectivity index (χ2v) is 4.01. The fourth-order valence-corrected chi connectivity index (χ4v) is 1.23. The van der Waals surface area contributed by atoms with Gasteiger partial charge in [-0.3, -0.25) is 14.4 Å². The highest BCUT2D eigenvalue weighted by Gasteiger charge is 2.18. The molecule has 0 aromatic rings. The lowest BCUT2D eigenvalue weighted by Crippen LogP contribution is -2.48. The summed E-state index contributed by atoms with van der Waals surface area (Å²) in [6.45, 7) is 1.12. The average molecular weight is 275 g/mol. The Morgan fingerprint density at radius 3 is 2.28 bits per heavy atom. The summed E-state index contributed by atoms with van der Waals surface area (Å²) in [6, 6.07) is -0.908. The van der Waals surface area contributed by atoms with Gasteiger partial charge in [-0.25, -0.2) is 0 Å². The summed E-state index contributed by atoms with van der Waals surface area (Å²) < 4.78 is 0. The number of Topliss-reactive ketones (excluding diaryl/α,β-unsaturated/α-hetero) is 1. The van der Waals surface area contributed by atoms with Crippen molar-refractivity contribution in [2.75, 3.05) is 12.3 Å². The topological polar surface area (TPSA) is 118 Å². The Kier molecular flexibility index (Phi) is 7.77. The Balaban J connectivity index is 4.15. The molecule has 0 aromatic carbocycles. The van der Waals surface area contributed by atoms with Crippen LogP contribution in [0.3, 0.4) is 0 Å². The third-order valence-corrected chi connectivity index (χ3v) is 2.34. The van der Waals surface area contributed by atoms with E-state index in [0.29, 0.717) is 0 Å². The number of amides is 3. The quantitative estimate of drug-likeness (QED) is 0.398. The van der Waals surface area contributed by atoms with Crippen LogP contribution in [0, 0.1) is 0 Å². The molecule has 0 unspecified atom stereocenters. The number of primary amides is 1. The van der Waals surface area contributed by atoms with Gasteiger partial charge in [-0.1, -0.05) is 0 Å². The second kappa shape index (κ2) is 8.51. The first-order valence-corrected chi connectivity index (χ1v) is 5.95. The molecule has 0 aliphatic rings. The molecule has 0 aliphatic carbocycles. The van der Waals surface area contributed by atoms with Crippen molar-refractivity contribution >= 4 is 36.1 Å². The molecule has 0 heterocycles. The molecule has 0 spiro atoms. The summed E-state index contributed by atoms with van der Waals surface area (Å²) in [6.07, 6.45) is 0.299. The highest BCUT2D eigenvalue weighted by atomic mass is 32.1. The average Bonchev–Trinajstić information content (AvgIpc) is 2.30. The molecule has 0 fully saturated rings. The SMILES string of the molecule is CC(=O)CC[C@H](NC(=O)CNC(=O)CS)C(N)=O. The Morgan fingerprint density at radius 2 is 1.83 bits per heavy atom. The zero-order valence-electron chi connectivity index (χ0n) is 10.1. The minimum atomic E-state index is -0.908. The van der Waals surface area contributed by atoms with Crippen LogP contribution in [-0.4, -0.2) is 41.8 Å². The van der Waals surface area contributed by atoms with Crippen LogP contribution in [0.5, 0.6) is 0 Å². The van der Waals surface area contributed by atoms with Gasteiger partial charge in [-0.05, 0) is 13.3 Å². The lowest BCUT2D eigenvalue weighted by molar-refractivity contribution is -0.128. The maximum atomic E-state index is 11.4. The Bertz CT molecular complexity index is 346. The molecule has 102 valence electrons. The van der Waals surface area contributed by atoms with Crippen molar-refractivity contribution in [2.24, 2.45) is 5.73 Å². The van der Waals surface area contributed by atoms with Crippen LogP contribution in [0.4, 0.5) is 0 Å². The van der Waals surface area contributed by atoms with Gasteiger partial charge < -0.3 is 21.2 Å². The van der Waals surface area contributed by atoms with Gasteiger partial charge in [0.25, 0.3) is 0 Å². The minimum absolute atomic E-state index is 0.0309. The number of rotatable bonds is 8. The van der Waals surface area contributed by atoms with Crippen molar-refractivity contribution < 1.29 is 19.2 Å². The van der Waals surface area contributed by atoms with Crippen molar-refractivity contribution in [3.05, 3.63) is 0 Å². The minimum Gasteiger partial charge on any atom is -0.368 e. The molecule has 7 nitrogen and oxygen atoms in total. The molecule has 4 N–H and O–H groups in total. The molecule has 0 aliphatic heterocycles. The molecule has 0 saturated carbocycles. The monoisotopic (exact) mass is 275 g/mol. The van der Waals surface area contributed by atoms with Crippen molar-refractivity contribution in [1.82, 2.24) is 10.6 Å². The first-order valence-electron chi connectivity index (χ1n) is 5.32. The highest BCUT2D eigenvalue weighted by molar-refractivity contribution is 7.81.